The predicted molar refractivity (Wildman–Crippen MR) is 130 cm³/mol. The third kappa shape index (κ3) is 6.07. The number of nitro groups is 1. The second kappa shape index (κ2) is 10.1. The number of hydrogen-bond donors (Lipinski definition) is 3. The van der Waals surface area contributed by atoms with Crippen molar-refractivity contribution < 1.29 is 18.1 Å². The molecule has 0 aromatic heterocycles. The molecular formula is C23H24N4O5S. The molecule has 0 radical (unpaired) electrons. The van der Waals surface area contributed by atoms with Crippen LogP contribution in [-0.4, -0.2) is 25.0 Å². The predicted octanol–water partition coefficient (Wildman–Crippen LogP) is 5.05. The minimum atomic E-state index is -3.49. The number of nitrogens with one attached hydrogen (secondary N) is 3. The molecule has 0 aliphatic carbocycles. The summed E-state index contributed by atoms with van der Waals surface area (Å²) in [5, 5.41) is 17.3. The van der Waals surface area contributed by atoms with Crippen molar-refractivity contribution in [2.24, 2.45) is 0 Å². The van der Waals surface area contributed by atoms with Crippen molar-refractivity contribution in [3.05, 3.63) is 88.0 Å². The highest BCUT2D eigenvalue weighted by Gasteiger charge is 2.19. The van der Waals surface area contributed by atoms with Crippen molar-refractivity contribution >= 4 is 44.4 Å². The number of para-hydroxylation sites is 1. The van der Waals surface area contributed by atoms with Crippen LogP contribution in [-0.2, 0) is 10.0 Å². The molecule has 0 atom stereocenters. The molecule has 0 unspecified atom stereocenters. The topological polar surface area (TPSA) is 130 Å². The minimum Gasteiger partial charge on any atom is -0.350 e. The first-order chi connectivity index (χ1) is 15.7. The van der Waals surface area contributed by atoms with Crippen molar-refractivity contribution in [2.45, 2.75) is 20.3 Å². The van der Waals surface area contributed by atoms with Crippen molar-refractivity contribution in [3.63, 3.8) is 0 Å². The van der Waals surface area contributed by atoms with Crippen LogP contribution in [0.1, 0.15) is 29.3 Å². The number of rotatable bonds is 9. The van der Waals surface area contributed by atoms with Gasteiger partial charge >= 0.3 is 0 Å². The number of nitro benzene ring substituents is 1. The van der Waals surface area contributed by atoms with Gasteiger partial charge in [0.15, 0.2) is 0 Å². The third-order valence-corrected chi connectivity index (χ3v) is 6.31. The standard InChI is InChI=1S/C23H24N4O5S/c1-3-14-33(31,32)26-20-11-7-10-19(16(20)2)25-23(28)17-12-13-21(22(15-17)27(29)30)24-18-8-5-4-6-9-18/h4-13,15,24,26H,3,14H2,1-2H3,(H,25,28). The number of hydrogen-bond acceptors (Lipinski definition) is 6. The molecule has 3 aromatic carbocycles. The molecule has 0 saturated carbocycles. The minimum absolute atomic E-state index is 0.0178. The van der Waals surface area contributed by atoms with Crippen LogP contribution < -0.4 is 15.4 Å². The Bertz CT molecular complexity index is 1280. The Kier molecular flexibility index (Phi) is 7.29. The lowest BCUT2D eigenvalue weighted by molar-refractivity contribution is -0.383. The summed E-state index contributed by atoms with van der Waals surface area (Å²) in [6.07, 6.45) is 0.471. The highest BCUT2D eigenvalue weighted by Crippen LogP contribution is 2.30. The number of carbonyl (C=O) groups excluding carboxylic acids is 1. The molecule has 0 saturated heterocycles. The highest BCUT2D eigenvalue weighted by atomic mass is 32.2. The molecule has 0 fully saturated rings. The van der Waals surface area contributed by atoms with E-state index in [2.05, 4.69) is 15.4 Å². The molecule has 1 amide bonds. The molecule has 0 bridgehead atoms. The van der Waals surface area contributed by atoms with Crippen molar-refractivity contribution in [3.8, 4) is 0 Å². The summed E-state index contributed by atoms with van der Waals surface area (Å²) in [6.45, 7) is 3.44. The summed E-state index contributed by atoms with van der Waals surface area (Å²) in [4.78, 5) is 23.9. The van der Waals surface area contributed by atoms with Crippen LogP contribution in [0.25, 0.3) is 0 Å². The van der Waals surface area contributed by atoms with Crippen LogP contribution in [0, 0.1) is 17.0 Å². The van der Waals surface area contributed by atoms with E-state index < -0.39 is 20.9 Å². The van der Waals surface area contributed by atoms with E-state index in [-0.39, 0.29) is 22.7 Å². The normalized spacial score (nSPS) is 11.0. The molecule has 9 nitrogen and oxygen atoms in total. The fraction of sp³-hybridized carbons (Fsp3) is 0.174. The van der Waals surface area contributed by atoms with Crippen molar-refractivity contribution in [2.75, 3.05) is 21.1 Å². The molecule has 33 heavy (non-hydrogen) atoms. The number of carbonyl (C=O) groups is 1. The third-order valence-electron chi connectivity index (χ3n) is 4.83. The van der Waals surface area contributed by atoms with Gasteiger partial charge in [0, 0.05) is 23.0 Å². The summed E-state index contributed by atoms with van der Waals surface area (Å²) < 4.78 is 26.7. The summed E-state index contributed by atoms with van der Waals surface area (Å²) in [5.74, 6) is -0.572. The fourth-order valence-electron chi connectivity index (χ4n) is 3.17. The first-order valence-corrected chi connectivity index (χ1v) is 11.9. The van der Waals surface area contributed by atoms with Gasteiger partial charge in [-0.1, -0.05) is 31.2 Å². The van der Waals surface area contributed by atoms with E-state index >= 15 is 0 Å². The van der Waals surface area contributed by atoms with E-state index in [9.17, 15) is 23.3 Å². The number of amides is 1. The van der Waals surface area contributed by atoms with Crippen LogP contribution >= 0.6 is 0 Å². The molecule has 172 valence electrons. The zero-order valence-corrected chi connectivity index (χ0v) is 19.0. The number of benzene rings is 3. The maximum absolute atomic E-state index is 12.8. The zero-order chi connectivity index (χ0) is 24.0. The summed E-state index contributed by atoms with van der Waals surface area (Å²) >= 11 is 0. The van der Waals surface area contributed by atoms with Crippen LogP contribution in [0.15, 0.2) is 66.7 Å². The molecule has 3 aromatic rings. The first-order valence-electron chi connectivity index (χ1n) is 10.2. The Morgan fingerprint density at radius 1 is 0.970 bits per heavy atom. The van der Waals surface area contributed by atoms with Gasteiger partial charge in [0.05, 0.1) is 16.4 Å². The lowest BCUT2D eigenvalue weighted by Gasteiger charge is -2.14. The van der Waals surface area contributed by atoms with E-state index in [1.165, 1.54) is 18.2 Å². The lowest BCUT2D eigenvalue weighted by Crippen LogP contribution is -2.18. The monoisotopic (exact) mass is 468 g/mol. The van der Waals surface area contributed by atoms with Gasteiger partial charge in [-0.15, -0.1) is 0 Å². The quantitative estimate of drug-likeness (QED) is 0.297. The Labute approximate surface area is 192 Å². The van der Waals surface area contributed by atoms with Gasteiger partial charge in [-0.05, 0) is 55.3 Å². The maximum atomic E-state index is 12.8. The second-order valence-corrected chi connectivity index (χ2v) is 9.18. The SMILES string of the molecule is CCCS(=O)(=O)Nc1cccc(NC(=O)c2ccc(Nc3ccccc3)c([N+](=O)[O-])c2)c1C. The molecule has 3 N–H and O–H groups in total. The van der Waals surface area contributed by atoms with E-state index in [1.807, 2.05) is 6.07 Å². The number of anilines is 4. The maximum Gasteiger partial charge on any atom is 0.293 e. The van der Waals surface area contributed by atoms with Gasteiger partial charge in [-0.3, -0.25) is 19.6 Å². The smallest absolute Gasteiger partial charge is 0.293 e. The van der Waals surface area contributed by atoms with Gasteiger partial charge in [0.1, 0.15) is 5.69 Å². The number of sulfonamides is 1. The molecule has 0 aliphatic rings. The molecule has 0 aliphatic heterocycles. The summed E-state index contributed by atoms with van der Waals surface area (Å²) in [6, 6.07) is 18.0. The van der Waals surface area contributed by atoms with Gasteiger partial charge in [0.2, 0.25) is 10.0 Å². The average Bonchev–Trinajstić information content (AvgIpc) is 2.77. The van der Waals surface area contributed by atoms with E-state index in [4.69, 9.17) is 0 Å². The zero-order valence-electron chi connectivity index (χ0n) is 18.2. The Balaban J connectivity index is 1.84. The fourth-order valence-corrected chi connectivity index (χ4v) is 4.37. The van der Waals surface area contributed by atoms with Gasteiger partial charge < -0.3 is 10.6 Å². The van der Waals surface area contributed by atoms with Crippen LogP contribution in [0.4, 0.5) is 28.4 Å². The summed E-state index contributed by atoms with van der Waals surface area (Å²) in [5.41, 5.74) is 2.06. The van der Waals surface area contributed by atoms with Gasteiger partial charge in [-0.25, -0.2) is 8.42 Å². The van der Waals surface area contributed by atoms with E-state index in [0.29, 0.717) is 29.0 Å². The van der Waals surface area contributed by atoms with Crippen molar-refractivity contribution in [1.29, 1.82) is 0 Å². The van der Waals surface area contributed by atoms with Crippen LogP contribution in [0.3, 0.4) is 0 Å². The van der Waals surface area contributed by atoms with Crippen LogP contribution in [0.2, 0.25) is 0 Å². The molecular weight excluding hydrogens is 444 g/mol. The van der Waals surface area contributed by atoms with Crippen LogP contribution in [0.5, 0.6) is 0 Å². The van der Waals surface area contributed by atoms with Gasteiger partial charge in [-0.2, -0.15) is 0 Å². The molecule has 10 heteroatoms. The van der Waals surface area contributed by atoms with Gasteiger partial charge in [0.25, 0.3) is 11.6 Å². The van der Waals surface area contributed by atoms with E-state index in [1.54, 1.807) is 56.3 Å². The van der Waals surface area contributed by atoms with E-state index in [0.717, 1.165) is 0 Å². The summed E-state index contributed by atoms with van der Waals surface area (Å²) in [7, 11) is -3.49. The lowest BCUT2D eigenvalue weighted by atomic mass is 10.1. The van der Waals surface area contributed by atoms with Crippen molar-refractivity contribution in [1.82, 2.24) is 0 Å². The highest BCUT2D eigenvalue weighted by molar-refractivity contribution is 7.92. The second-order valence-electron chi connectivity index (χ2n) is 7.33. The first kappa shape index (κ1) is 23.7. The average molecular weight is 469 g/mol. The Hall–Kier alpha value is -3.92. The Morgan fingerprint density at radius 3 is 2.33 bits per heavy atom. The number of nitrogens with zero attached hydrogens (tertiary/aromatic N) is 1. The largest absolute Gasteiger partial charge is 0.350 e. The molecule has 0 spiro atoms. The Morgan fingerprint density at radius 2 is 1.67 bits per heavy atom. The molecule has 0 heterocycles. The molecule has 3 rings (SSSR count).